The number of aliphatic hydroxyl groups is 1. The standard InChI is InChI=1S/C14H28O/c1-11(2)12(13(3,4)5)14(15)9-7-6-8-10-14/h11-12,15H,6-10H2,1-5H3. The second-order valence-electron chi connectivity index (χ2n) is 6.75. The van der Waals surface area contributed by atoms with Crippen LogP contribution in [0.2, 0.25) is 0 Å². The summed E-state index contributed by atoms with van der Waals surface area (Å²) in [7, 11) is 0. The SMILES string of the molecule is CC(C)C(C(C)(C)C)C1(O)CCCCC1. The van der Waals surface area contributed by atoms with Crippen molar-refractivity contribution < 1.29 is 5.11 Å². The third-order valence-electron chi connectivity index (χ3n) is 3.90. The minimum atomic E-state index is -0.398. The smallest absolute Gasteiger partial charge is 0.0683 e. The molecule has 0 aromatic carbocycles. The Hall–Kier alpha value is -0.0400. The highest BCUT2D eigenvalue weighted by atomic mass is 16.3. The van der Waals surface area contributed by atoms with Crippen LogP contribution in [0.5, 0.6) is 0 Å². The molecular weight excluding hydrogens is 184 g/mol. The highest BCUT2D eigenvalue weighted by Crippen LogP contribution is 2.46. The number of hydrogen-bond acceptors (Lipinski definition) is 1. The molecule has 1 rings (SSSR count). The van der Waals surface area contributed by atoms with E-state index in [1.807, 2.05) is 0 Å². The Balaban J connectivity index is 2.87. The molecule has 90 valence electrons. The molecule has 0 aromatic rings. The third kappa shape index (κ3) is 2.96. The molecule has 1 N–H and O–H groups in total. The van der Waals surface area contributed by atoms with Gasteiger partial charge in [-0.3, -0.25) is 0 Å². The lowest BCUT2D eigenvalue weighted by Gasteiger charge is -2.48. The Morgan fingerprint density at radius 2 is 1.47 bits per heavy atom. The number of hydrogen-bond donors (Lipinski definition) is 1. The lowest BCUT2D eigenvalue weighted by Crippen LogP contribution is -2.48. The first kappa shape index (κ1) is 13.0. The summed E-state index contributed by atoms with van der Waals surface area (Å²) in [5.74, 6) is 0.985. The van der Waals surface area contributed by atoms with Crippen LogP contribution < -0.4 is 0 Å². The Kier molecular flexibility index (Phi) is 3.86. The van der Waals surface area contributed by atoms with E-state index in [1.54, 1.807) is 0 Å². The summed E-state index contributed by atoms with van der Waals surface area (Å²) >= 11 is 0. The lowest BCUT2D eigenvalue weighted by atomic mass is 9.61. The molecule has 1 saturated carbocycles. The minimum absolute atomic E-state index is 0.209. The van der Waals surface area contributed by atoms with Gasteiger partial charge in [-0.2, -0.15) is 0 Å². The molecule has 1 aliphatic rings. The van der Waals surface area contributed by atoms with Crippen LogP contribution >= 0.6 is 0 Å². The zero-order valence-corrected chi connectivity index (χ0v) is 11.1. The highest BCUT2D eigenvalue weighted by Gasteiger charge is 2.45. The zero-order chi connectivity index (χ0) is 11.7. The van der Waals surface area contributed by atoms with Crippen LogP contribution in [0.25, 0.3) is 0 Å². The number of rotatable bonds is 2. The van der Waals surface area contributed by atoms with Crippen molar-refractivity contribution in [2.75, 3.05) is 0 Å². The molecular formula is C14H28O. The van der Waals surface area contributed by atoms with Gasteiger partial charge in [-0.05, 0) is 30.1 Å². The maximum atomic E-state index is 10.8. The fourth-order valence-corrected chi connectivity index (χ4v) is 3.90. The second-order valence-corrected chi connectivity index (χ2v) is 6.75. The van der Waals surface area contributed by atoms with Crippen molar-refractivity contribution in [2.45, 2.75) is 72.3 Å². The van der Waals surface area contributed by atoms with E-state index in [2.05, 4.69) is 34.6 Å². The van der Waals surface area contributed by atoms with Crippen molar-refractivity contribution in [2.24, 2.45) is 17.3 Å². The average Bonchev–Trinajstić information content (AvgIpc) is 2.00. The van der Waals surface area contributed by atoms with Gasteiger partial charge in [-0.1, -0.05) is 53.9 Å². The van der Waals surface area contributed by atoms with E-state index in [0.29, 0.717) is 11.8 Å². The van der Waals surface area contributed by atoms with Crippen LogP contribution in [0.4, 0.5) is 0 Å². The maximum absolute atomic E-state index is 10.8. The molecule has 1 nitrogen and oxygen atoms in total. The topological polar surface area (TPSA) is 20.2 Å². The molecule has 1 atom stereocenters. The molecule has 0 bridgehead atoms. The Labute approximate surface area is 95.3 Å². The van der Waals surface area contributed by atoms with E-state index in [-0.39, 0.29) is 5.41 Å². The molecule has 1 aliphatic carbocycles. The lowest BCUT2D eigenvalue weighted by molar-refractivity contribution is -0.105. The van der Waals surface area contributed by atoms with Crippen molar-refractivity contribution in [1.82, 2.24) is 0 Å². The normalized spacial score (nSPS) is 24.2. The van der Waals surface area contributed by atoms with E-state index in [4.69, 9.17) is 0 Å². The fraction of sp³-hybridized carbons (Fsp3) is 1.00. The molecule has 15 heavy (non-hydrogen) atoms. The molecule has 0 spiro atoms. The van der Waals surface area contributed by atoms with Crippen LogP contribution in [0.15, 0.2) is 0 Å². The second kappa shape index (κ2) is 4.45. The van der Waals surface area contributed by atoms with Gasteiger partial charge in [0.15, 0.2) is 0 Å². The summed E-state index contributed by atoms with van der Waals surface area (Å²) in [5.41, 5.74) is -0.190. The van der Waals surface area contributed by atoms with Crippen molar-refractivity contribution in [1.29, 1.82) is 0 Å². The van der Waals surface area contributed by atoms with Crippen molar-refractivity contribution in [3.8, 4) is 0 Å². The van der Waals surface area contributed by atoms with Crippen LogP contribution in [0, 0.1) is 17.3 Å². The van der Waals surface area contributed by atoms with E-state index >= 15 is 0 Å². The van der Waals surface area contributed by atoms with Gasteiger partial charge >= 0.3 is 0 Å². The van der Waals surface area contributed by atoms with Crippen LogP contribution in [0.3, 0.4) is 0 Å². The van der Waals surface area contributed by atoms with E-state index in [9.17, 15) is 5.11 Å². The summed E-state index contributed by atoms with van der Waals surface area (Å²) in [4.78, 5) is 0. The third-order valence-corrected chi connectivity index (χ3v) is 3.90. The molecule has 0 amide bonds. The molecule has 0 heterocycles. The van der Waals surface area contributed by atoms with Gasteiger partial charge in [0.2, 0.25) is 0 Å². The van der Waals surface area contributed by atoms with E-state index < -0.39 is 5.60 Å². The molecule has 0 saturated heterocycles. The van der Waals surface area contributed by atoms with Gasteiger partial charge in [0.1, 0.15) is 0 Å². The Morgan fingerprint density at radius 3 is 1.80 bits per heavy atom. The fourth-order valence-electron chi connectivity index (χ4n) is 3.90. The molecule has 1 heteroatoms. The average molecular weight is 212 g/mol. The molecule has 1 unspecified atom stereocenters. The molecule has 0 radical (unpaired) electrons. The highest BCUT2D eigenvalue weighted by molar-refractivity contribution is 4.95. The summed E-state index contributed by atoms with van der Waals surface area (Å²) in [5, 5.41) is 10.8. The Bertz CT molecular complexity index is 194. The summed E-state index contributed by atoms with van der Waals surface area (Å²) < 4.78 is 0. The van der Waals surface area contributed by atoms with Gasteiger partial charge in [0, 0.05) is 0 Å². The minimum Gasteiger partial charge on any atom is -0.390 e. The maximum Gasteiger partial charge on any atom is 0.0683 e. The van der Waals surface area contributed by atoms with Crippen molar-refractivity contribution >= 4 is 0 Å². The van der Waals surface area contributed by atoms with Gasteiger partial charge in [0.25, 0.3) is 0 Å². The molecule has 0 aromatic heterocycles. The predicted molar refractivity (Wildman–Crippen MR) is 65.8 cm³/mol. The Morgan fingerprint density at radius 1 is 1.00 bits per heavy atom. The first-order valence-electron chi connectivity index (χ1n) is 6.50. The monoisotopic (exact) mass is 212 g/mol. The molecule has 0 aliphatic heterocycles. The predicted octanol–water partition coefficient (Wildman–Crippen LogP) is 4.00. The summed E-state index contributed by atoms with van der Waals surface area (Å²) in [6.45, 7) is 11.3. The van der Waals surface area contributed by atoms with Crippen molar-refractivity contribution in [3.05, 3.63) is 0 Å². The quantitative estimate of drug-likeness (QED) is 0.733. The van der Waals surface area contributed by atoms with Gasteiger partial charge in [0.05, 0.1) is 5.60 Å². The first-order valence-corrected chi connectivity index (χ1v) is 6.50. The van der Waals surface area contributed by atoms with Crippen molar-refractivity contribution in [3.63, 3.8) is 0 Å². The summed E-state index contributed by atoms with van der Waals surface area (Å²) in [6.07, 6.45) is 5.73. The van der Waals surface area contributed by atoms with E-state index in [0.717, 1.165) is 12.8 Å². The van der Waals surface area contributed by atoms with Crippen LogP contribution in [0.1, 0.15) is 66.7 Å². The van der Waals surface area contributed by atoms with Crippen LogP contribution in [-0.4, -0.2) is 10.7 Å². The molecule has 1 fully saturated rings. The largest absolute Gasteiger partial charge is 0.390 e. The zero-order valence-electron chi connectivity index (χ0n) is 11.1. The van der Waals surface area contributed by atoms with Gasteiger partial charge in [-0.15, -0.1) is 0 Å². The first-order chi connectivity index (χ1) is 6.77. The van der Waals surface area contributed by atoms with Crippen LogP contribution in [-0.2, 0) is 0 Å². The summed E-state index contributed by atoms with van der Waals surface area (Å²) in [6, 6.07) is 0. The van der Waals surface area contributed by atoms with Gasteiger partial charge in [-0.25, -0.2) is 0 Å². The van der Waals surface area contributed by atoms with Gasteiger partial charge < -0.3 is 5.11 Å². The van der Waals surface area contributed by atoms with E-state index in [1.165, 1.54) is 19.3 Å².